The molecule has 0 aliphatic heterocycles. The van der Waals surface area contributed by atoms with Crippen molar-refractivity contribution in [1.82, 2.24) is 15.8 Å². The molecule has 0 spiro atoms. The second kappa shape index (κ2) is 10.7. The Kier molecular flexibility index (Phi) is 8.62. The maximum Gasteiger partial charge on any atom is 0.191 e. The van der Waals surface area contributed by atoms with Crippen molar-refractivity contribution in [2.75, 3.05) is 18.8 Å². The van der Waals surface area contributed by atoms with E-state index in [-0.39, 0.29) is 0 Å². The molecular weight excluding hydrogens is 348 g/mol. The van der Waals surface area contributed by atoms with E-state index in [0.29, 0.717) is 11.3 Å². The van der Waals surface area contributed by atoms with Crippen LogP contribution in [0, 0.1) is 13.8 Å². The monoisotopic (exact) mass is 382 g/mol. The van der Waals surface area contributed by atoms with Gasteiger partial charge in [0.15, 0.2) is 5.96 Å². The predicted octanol–water partition coefficient (Wildman–Crippen LogP) is 2.86. The fourth-order valence-corrected chi connectivity index (χ4v) is 4.92. The summed E-state index contributed by atoms with van der Waals surface area (Å²) in [5.74, 6) is 2.54. The van der Waals surface area contributed by atoms with Crippen LogP contribution in [0.25, 0.3) is 0 Å². The van der Waals surface area contributed by atoms with Crippen LogP contribution in [-0.2, 0) is 17.2 Å². The van der Waals surface area contributed by atoms with Crippen molar-refractivity contribution in [2.45, 2.75) is 77.5 Å². The Morgan fingerprint density at radius 3 is 2.81 bits per heavy atom. The molecule has 6 nitrogen and oxygen atoms in total. The van der Waals surface area contributed by atoms with Crippen molar-refractivity contribution in [3.05, 3.63) is 17.0 Å². The van der Waals surface area contributed by atoms with Crippen LogP contribution in [0.5, 0.6) is 0 Å². The highest BCUT2D eigenvalue weighted by molar-refractivity contribution is 7.85. The van der Waals surface area contributed by atoms with Crippen molar-refractivity contribution in [1.29, 1.82) is 0 Å². The summed E-state index contributed by atoms with van der Waals surface area (Å²) in [5.41, 5.74) is 2.18. The molecule has 7 heteroatoms. The summed E-state index contributed by atoms with van der Waals surface area (Å²) in [5, 5.41) is 11.2. The van der Waals surface area contributed by atoms with Gasteiger partial charge in [0.05, 0.1) is 5.69 Å². The average Bonchev–Trinajstić information content (AvgIpc) is 2.96. The Morgan fingerprint density at radius 1 is 1.35 bits per heavy atom. The van der Waals surface area contributed by atoms with Gasteiger partial charge in [0, 0.05) is 46.5 Å². The van der Waals surface area contributed by atoms with Crippen LogP contribution < -0.4 is 10.6 Å². The van der Waals surface area contributed by atoms with E-state index in [9.17, 15) is 4.21 Å². The van der Waals surface area contributed by atoms with Crippen molar-refractivity contribution in [3.8, 4) is 0 Å². The molecule has 1 saturated carbocycles. The van der Waals surface area contributed by atoms with Crippen LogP contribution in [0.2, 0.25) is 0 Å². The fraction of sp³-hybridized carbons (Fsp3) is 0.789. The Hall–Kier alpha value is -1.37. The lowest BCUT2D eigenvalue weighted by Crippen LogP contribution is -2.46. The molecule has 1 aliphatic carbocycles. The molecule has 1 fully saturated rings. The topological polar surface area (TPSA) is 79.5 Å². The van der Waals surface area contributed by atoms with E-state index in [0.717, 1.165) is 74.8 Å². The molecule has 1 aliphatic rings. The van der Waals surface area contributed by atoms with Gasteiger partial charge >= 0.3 is 0 Å². The summed E-state index contributed by atoms with van der Waals surface area (Å²) in [6, 6.07) is 0.365. The van der Waals surface area contributed by atoms with Crippen molar-refractivity contribution in [3.63, 3.8) is 0 Å². The van der Waals surface area contributed by atoms with Crippen LogP contribution in [0.1, 0.15) is 63.0 Å². The number of aryl methyl sites for hydroxylation is 2. The van der Waals surface area contributed by atoms with Crippen molar-refractivity contribution < 1.29 is 8.73 Å². The molecule has 3 atom stereocenters. The van der Waals surface area contributed by atoms with Crippen molar-refractivity contribution in [2.24, 2.45) is 4.99 Å². The lowest BCUT2D eigenvalue weighted by molar-refractivity contribution is 0.392. The minimum absolute atomic E-state index is 0.327. The zero-order valence-corrected chi connectivity index (χ0v) is 17.5. The molecule has 26 heavy (non-hydrogen) atoms. The van der Waals surface area contributed by atoms with Gasteiger partial charge in [0.1, 0.15) is 5.76 Å². The van der Waals surface area contributed by atoms with Gasteiger partial charge in [-0.3, -0.25) is 9.20 Å². The first-order chi connectivity index (χ1) is 12.5. The Morgan fingerprint density at radius 2 is 2.15 bits per heavy atom. The highest BCUT2D eigenvalue weighted by Gasteiger charge is 2.26. The molecule has 2 N–H and O–H groups in total. The van der Waals surface area contributed by atoms with E-state index in [1.54, 1.807) is 0 Å². The molecule has 0 aromatic carbocycles. The summed E-state index contributed by atoms with van der Waals surface area (Å²) in [4.78, 5) is 4.72. The fourth-order valence-electron chi connectivity index (χ4n) is 3.57. The first kappa shape index (κ1) is 20.9. The smallest absolute Gasteiger partial charge is 0.191 e. The Bertz CT molecular complexity index is 595. The van der Waals surface area contributed by atoms with E-state index >= 15 is 0 Å². The predicted molar refractivity (Wildman–Crippen MR) is 108 cm³/mol. The highest BCUT2D eigenvalue weighted by atomic mass is 32.2. The second-order valence-electron chi connectivity index (χ2n) is 6.97. The van der Waals surface area contributed by atoms with Crippen LogP contribution in [0.4, 0.5) is 0 Å². The quantitative estimate of drug-likeness (QED) is 0.411. The summed E-state index contributed by atoms with van der Waals surface area (Å²) in [6.45, 7) is 9.64. The molecule has 0 radical (unpaired) electrons. The van der Waals surface area contributed by atoms with Gasteiger partial charge in [-0.25, -0.2) is 0 Å². The molecule has 148 valence electrons. The molecule has 0 bridgehead atoms. The zero-order valence-electron chi connectivity index (χ0n) is 16.6. The number of aliphatic imine (C=N–C) groups is 1. The van der Waals surface area contributed by atoms with E-state index in [2.05, 4.69) is 22.7 Å². The number of guanidine groups is 1. The summed E-state index contributed by atoms with van der Waals surface area (Å²) < 4.78 is 17.3. The first-order valence-electron chi connectivity index (χ1n) is 9.88. The number of aromatic nitrogens is 1. The van der Waals surface area contributed by atoms with Gasteiger partial charge in [-0.2, -0.15) is 0 Å². The van der Waals surface area contributed by atoms with Gasteiger partial charge in [-0.1, -0.05) is 18.5 Å². The summed E-state index contributed by atoms with van der Waals surface area (Å²) in [7, 11) is -0.696. The van der Waals surface area contributed by atoms with E-state index in [4.69, 9.17) is 9.52 Å². The van der Waals surface area contributed by atoms with Gasteiger partial charge in [-0.15, -0.1) is 0 Å². The molecule has 3 unspecified atom stereocenters. The van der Waals surface area contributed by atoms with Crippen LogP contribution in [-0.4, -0.2) is 45.5 Å². The third-order valence-electron chi connectivity index (χ3n) is 5.00. The Balaban J connectivity index is 1.85. The normalized spacial score (nSPS) is 22.2. The molecule has 2 rings (SSSR count). The van der Waals surface area contributed by atoms with Crippen LogP contribution in [0.3, 0.4) is 0 Å². The largest absolute Gasteiger partial charge is 0.361 e. The zero-order chi connectivity index (χ0) is 18.9. The number of hydrogen-bond donors (Lipinski definition) is 2. The molecule has 1 heterocycles. The first-order valence-corrected chi connectivity index (χ1v) is 11.3. The third-order valence-corrected chi connectivity index (χ3v) is 6.74. The van der Waals surface area contributed by atoms with Gasteiger partial charge in [-0.05, 0) is 52.9 Å². The van der Waals surface area contributed by atoms with Crippen molar-refractivity contribution >= 4 is 16.8 Å². The lowest BCUT2D eigenvalue weighted by Gasteiger charge is -2.30. The molecular formula is C19H34N4O2S. The maximum absolute atomic E-state index is 12.1. The number of rotatable bonds is 8. The number of nitrogens with zero attached hydrogens (tertiary/aromatic N) is 2. The van der Waals surface area contributed by atoms with E-state index in [1.165, 1.54) is 5.56 Å². The van der Waals surface area contributed by atoms with Gasteiger partial charge in [0.2, 0.25) is 0 Å². The standard InChI is InChI=1S/C19H34N4O2S/c1-5-20-19(21-12-8-11-18-14(3)23-25-15(18)4)22-16-9-7-10-17(13-16)26(24)6-2/h16-17H,5-13H2,1-4H3,(H2,20,21,22). The van der Waals surface area contributed by atoms with E-state index in [1.807, 2.05) is 20.8 Å². The average molecular weight is 383 g/mol. The summed E-state index contributed by atoms with van der Waals surface area (Å²) >= 11 is 0. The molecule has 1 aromatic heterocycles. The molecule has 0 saturated heterocycles. The maximum atomic E-state index is 12.1. The number of hydrogen-bond acceptors (Lipinski definition) is 4. The van der Waals surface area contributed by atoms with Gasteiger partial charge < -0.3 is 15.2 Å². The van der Waals surface area contributed by atoms with Gasteiger partial charge in [0.25, 0.3) is 0 Å². The number of nitrogens with one attached hydrogen (secondary N) is 2. The molecule has 0 amide bonds. The lowest BCUT2D eigenvalue weighted by atomic mass is 9.95. The Labute approximate surface area is 160 Å². The highest BCUT2D eigenvalue weighted by Crippen LogP contribution is 2.23. The van der Waals surface area contributed by atoms with E-state index < -0.39 is 10.8 Å². The van der Waals surface area contributed by atoms with Crippen LogP contribution in [0.15, 0.2) is 9.52 Å². The minimum Gasteiger partial charge on any atom is -0.361 e. The second-order valence-corrected chi connectivity index (χ2v) is 8.97. The third kappa shape index (κ3) is 6.11. The summed E-state index contributed by atoms with van der Waals surface area (Å²) in [6.07, 6.45) is 6.23. The SMILES string of the molecule is CCNC(=NCCCc1c(C)noc1C)NC1CCCC(S(=O)CC)C1. The molecule has 1 aromatic rings. The van der Waals surface area contributed by atoms with Crippen LogP contribution >= 0.6 is 0 Å². The minimum atomic E-state index is -0.696.